The zero-order chi connectivity index (χ0) is 15.8. The van der Waals surface area contributed by atoms with E-state index < -0.39 is 0 Å². The lowest BCUT2D eigenvalue weighted by atomic mass is 9.96. The molecule has 0 saturated carbocycles. The Balaban J connectivity index is 1.83. The van der Waals surface area contributed by atoms with Crippen molar-refractivity contribution in [2.45, 2.75) is 25.7 Å². The third-order valence-electron chi connectivity index (χ3n) is 4.14. The van der Waals surface area contributed by atoms with Gasteiger partial charge >= 0.3 is 0 Å². The maximum absolute atomic E-state index is 12.2. The Morgan fingerprint density at radius 2 is 2.05 bits per heavy atom. The minimum absolute atomic E-state index is 0.00608. The van der Waals surface area contributed by atoms with Crippen LogP contribution < -0.4 is 20.1 Å². The highest BCUT2D eigenvalue weighted by molar-refractivity contribution is 5.80. The van der Waals surface area contributed by atoms with E-state index in [-0.39, 0.29) is 12.3 Å². The molecular weight excluding hydrogens is 280 g/mol. The second kappa shape index (κ2) is 8.63. The van der Waals surface area contributed by atoms with E-state index in [1.165, 1.54) is 12.8 Å². The lowest BCUT2D eigenvalue weighted by Crippen LogP contribution is -2.33. The number of ether oxygens (including phenoxy) is 2. The molecule has 5 heteroatoms. The topological polar surface area (TPSA) is 59.6 Å². The Hall–Kier alpha value is -1.75. The monoisotopic (exact) mass is 306 g/mol. The van der Waals surface area contributed by atoms with Gasteiger partial charge in [-0.1, -0.05) is 6.07 Å². The summed E-state index contributed by atoms with van der Waals surface area (Å²) in [6.07, 6.45) is 3.79. The first-order valence-corrected chi connectivity index (χ1v) is 7.92. The summed E-state index contributed by atoms with van der Waals surface area (Å²) in [5.74, 6) is 2.05. The third-order valence-corrected chi connectivity index (χ3v) is 4.14. The molecule has 1 unspecified atom stereocenters. The lowest BCUT2D eigenvalue weighted by molar-refractivity contribution is -0.120. The van der Waals surface area contributed by atoms with Gasteiger partial charge in [-0.2, -0.15) is 0 Å². The van der Waals surface area contributed by atoms with Crippen LogP contribution in [0.1, 0.15) is 24.8 Å². The van der Waals surface area contributed by atoms with E-state index in [4.69, 9.17) is 9.47 Å². The van der Waals surface area contributed by atoms with Crippen molar-refractivity contribution in [2.24, 2.45) is 5.92 Å². The van der Waals surface area contributed by atoms with Gasteiger partial charge in [-0.05, 0) is 50.4 Å². The van der Waals surface area contributed by atoms with Crippen LogP contribution in [0.2, 0.25) is 0 Å². The number of hydrogen-bond donors (Lipinski definition) is 2. The van der Waals surface area contributed by atoms with Crippen LogP contribution in [0, 0.1) is 5.92 Å². The lowest BCUT2D eigenvalue weighted by Gasteiger charge is -2.22. The van der Waals surface area contributed by atoms with E-state index in [2.05, 4.69) is 10.6 Å². The maximum atomic E-state index is 12.2. The normalized spacial score (nSPS) is 17.8. The molecule has 0 aromatic heterocycles. The Kier molecular flexibility index (Phi) is 6.52. The van der Waals surface area contributed by atoms with E-state index in [1.54, 1.807) is 14.2 Å². The number of carbonyl (C=O) groups excluding carboxylic acids is 1. The number of rotatable bonds is 7. The van der Waals surface area contributed by atoms with Crippen LogP contribution in [-0.2, 0) is 11.2 Å². The predicted octanol–water partition coefficient (Wildman–Crippen LogP) is 1.75. The molecule has 22 heavy (non-hydrogen) atoms. The molecule has 1 aromatic carbocycles. The predicted molar refractivity (Wildman–Crippen MR) is 86.5 cm³/mol. The van der Waals surface area contributed by atoms with Gasteiger partial charge in [0.15, 0.2) is 0 Å². The Labute approximate surface area is 132 Å². The molecule has 5 nitrogen and oxygen atoms in total. The van der Waals surface area contributed by atoms with Crippen LogP contribution in [0.15, 0.2) is 18.2 Å². The fourth-order valence-corrected chi connectivity index (χ4v) is 2.91. The summed E-state index contributed by atoms with van der Waals surface area (Å²) in [5.41, 5.74) is 0.796. The summed E-state index contributed by atoms with van der Waals surface area (Å²) in [7, 11) is 3.21. The zero-order valence-corrected chi connectivity index (χ0v) is 13.5. The fourth-order valence-electron chi connectivity index (χ4n) is 2.91. The highest BCUT2D eigenvalue weighted by atomic mass is 16.5. The largest absolute Gasteiger partial charge is 0.496 e. The van der Waals surface area contributed by atoms with Crippen molar-refractivity contribution in [3.63, 3.8) is 0 Å². The molecule has 1 atom stereocenters. The first-order chi connectivity index (χ1) is 10.7. The molecule has 0 spiro atoms. The average molecular weight is 306 g/mol. The molecule has 122 valence electrons. The molecule has 0 radical (unpaired) electrons. The van der Waals surface area contributed by atoms with Crippen LogP contribution in [0.25, 0.3) is 0 Å². The van der Waals surface area contributed by atoms with Gasteiger partial charge < -0.3 is 20.1 Å². The van der Waals surface area contributed by atoms with E-state index in [0.29, 0.717) is 17.4 Å². The highest BCUT2D eigenvalue weighted by Gasteiger charge is 2.15. The summed E-state index contributed by atoms with van der Waals surface area (Å²) in [5, 5.41) is 6.40. The van der Waals surface area contributed by atoms with Gasteiger partial charge in [0.1, 0.15) is 11.5 Å². The van der Waals surface area contributed by atoms with E-state index in [0.717, 1.165) is 31.6 Å². The van der Waals surface area contributed by atoms with Gasteiger partial charge in [0.2, 0.25) is 5.91 Å². The molecule has 1 aliphatic heterocycles. The Bertz CT molecular complexity index is 463. The molecule has 0 aliphatic carbocycles. The number of methoxy groups -OCH3 is 2. The molecule has 1 saturated heterocycles. The Morgan fingerprint density at radius 1 is 1.32 bits per heavy atom. The smallest absolute Gasteiger partial charge is 0.224 e. The fraction of sp³-hybridized carbons (Fsp3) is 0.588. The third kappa shape index (κ3) is 4.63. The quantitative estimate of drug-likeness (QED) is 0.806. The summed E-state index contributed by atoms with van der Waals surface area (Å²) >= 11 is 0. The summed E-state index contributed by atoms with van der Waals surface area (Å²) < 4.78 is 10.6. The molecule has 1 aliphatic rings. The number of piperidine rings is 1. The standard InChI is InChI=1S/C17H26N2O3/c1-21-15-6-3-7-16(22-2)14(15)11-17(20)19-10-8-13-5-4-9-18-12-13/h3,6-7,13,18H,4-5,8-12H2,1-2H3,(H,19,20). The summed E-state index contributed by atoms with van der Waals surface area (Å²) in [6.45, 7) is 2.91. The number of benzene rings is 1. The van der Waals surface area contributed by atoms with Crippen LogP contribution in [-0.4, -0.2) is 39.8 Å². The molecule has 1 aromatic rings. The number of carbonyl (C=O) groups is 1. The SMILES string of the molecule is COc1cccc(OC)c1CC(=O)NCCC1CCCNC1. The first-order valence-electron chi connectivity index (χ1n) is 7.92. The van der Waals surface area contributed by atoms with Crippen molar-refractivity contribution >= 4 is 5.91 Å². The minimum atomic E-state index is 0.00608. The van der Waals surface area contributed by atoms with Gasteiger partial charge in [0.25, 0.3) is 0 Å². The molecule has 2 rings (SSSR count). The second-order valence-corrected chi connectivity index (χ2v) is 5.67. The summed E-state index contributed by atoms with van der Waals surface area (Å²) in [6, 6.07) is 5.55. The molecule has 0 bridgehead atoms. The van der Waals surface area contributed by atoms with Crippen LogP contribution in [0.5, 0.6) is 11.5 Å². The van der Waals surface area contributed by atoms with Gasteiger partial charge in [-0.25, -0.2) is 0 Å². The van der Waals surface area contributed by atoms with Gasteiger partial charge in [-0.15, -0.1) is 0 Å². The van der Waals surface area contributed by atoms with Crippen molar-refractivity contribution < 1.29 is 14.3 Å². The van der Waals surface area contributed by atoms with Gasteiger partial charge in [-0.3, -0.25) is 4.79 Å². The minimum Gasteiger partial charge on any atom is -0.496 e. The number of hydrogen-bond acceptors (Lipinski definition) is 4. The maximum Gasteiger partial charge on any atom is 0.224 e. The molecule has 2 N–H and O–H groups in total. The molecule has 1 amide bonds. The van der Waals surface area contributed by atoms with E-state index >= 15 is 0 Å². The second-order valence-electron chi connectivity index (χ2n) is 5.67. The van der Waals surface area contributed by atoms with Crippen molar-refractivity contribution in [3.05, 3.63) is 23.8 Å². The molecule has 1 fully saturated rings. The van der Waals surface area contributed by atoms with Crippen molar-refractivity contribution in [1.29, 1.82) is 0 Å². The first kappa shape index (κ1) is 16.6. The van der Waals surface area contributed by atoms with E-state index in [1.807, 2.05) is 18.2 Å². The average Bonchev–Trinajstić information content (AvgIpc) is 2.56. The van der Waals surface area contributed by atoms with Crippen molar-refractivity contribution in [3.8, 4) is 11.5 Å². The summed E-state index contributed by atoms with van der Waals surface area (Å²) in [4.78, 5) is 12.2. The number of nitrogens with one attached hydrogen (secondary N) is 2. The number of amides is 1. The molecule has 1 heterocycles. The Morgan fingerprint density at radius 3 is 2.64 bits per heavy atom. The van der Waals surface area contributed by atoms with Crippen LogP contribution >= 0.6 is 0 Å². The molecular formula is C17H26N2O3. The van der Waals surface area contributed by atoms with Crippen LogP contribution in [0.4, 0.5) is 0 Å². The van der Waals surface area contributed by atoms with E-state index in [9.17, 15) is 4.79 Å². The highest BCUT2D eigenvalue weighted by Crippen LogP contribution is 2.28. The van der Waals surface area contributed by atoms with Gasteiger partial charge in [0, 0.05) is 12.1 Å². The van der Waals surface area contributed by atoms with Crippen molar-refractivity contribution in [1.82, 2.24) is 10.6 Å². The van der Waals surface area contributed by atoms with Crippen molar-refractivity contribution in [2.75, 3.05) is 33.9 Å². The zero-order valence-electron chi connectivity index (χ0n) is 13.5. The van der Waals surface area contributed by atoms with Gasteiger partial charge in [0.05, 0.1) is 20.6 Å². The van der Waals surface area contributed by atoms with Crippen LogP contribution in [0.3, 0.4) is 0 Å².